The number of carboxylic acid groups (broad SMARTS) is 1. The second-order valence-corrected chi connectivity index (χ2v) is 2.79. The first-order valence-electron chi connectivity index (χ1n) is 3.45. The van der Waals surface area contributed by atoms with Gasteiger partial charge >= 0.3 is 5.97 Å². The van der Waals surface area contributed by atoms with Gasteiger partial charge in [0.05, 0.1) is 12.5 Å². The number of pyridine rings is 1. The van der Waals surface area contributed by atoms with Crippen molar-refractivity contribution in [1.29, 1.82) is 0 Å². The summed E-state index contributed by atoms with van der Waals surface area (Å²) in [5.41, 5.74) is 0.398. The van der Waals surface area contributed by atoms with Gasteiger partial charge in [-0.1, -0.05) is 11.6 Å². The van der Waals surface area contributed by atoms with Gasteiger partial charge in [-0.2, -0.15) is 0 Å². The van der Waals surface area contributed by atoms with Gasteiger partial charge < -0.3 is 9.52 Å². The van der Waals surface area contributed by atoms with E-state index in [-0.39, 0.29) is 10.7 Å². The van der Waals surface area contributed by atoms with E-state index in [2.05, 4.69) is 4.98 Å². The van der Waals surface area contributed by atoms with Crippen molar-refractivity contribution < 1.29 is 14.3 Å². The zero-order valence-corrected chi connectivity index (χ0v) is 7.08. The van der Waals surface area contributed by atoms with Crippen LogP contribution in [0.2, 0.25) is 5.15 Å². The van der Waals surface area contributed by atoms with Crippen molar-refractivity contribution in [2.24, 2.45) is 0 Å². The molecule has 0 saturated heterocycles. The second-order valence-electron chi connectivity index (χ2n) is 2.43. The number of aromatic carboxylic acids is 1. The number of furan rings is 1. The Hall–Kier alpha value is -1.55. The predicted octanol–water partition coefficient (Wildman–Crippen LogP) is 2.18. The summed E-state index contributed by atoms with van der Waals surface area (Å²) >= 11 is 5.62. The van der Waals surface area contributed by atoms with E-state index in [0.29, 0.717) is 11.0 Å². The summed E-state index contributed by atoms with van der Waals surface area (Å²) in [6, 6.07) is 1.55. The number of hydrogen-bond donors (Lipinski definition) is 1. The number of halogens is 1. The van der Waals surface area contributed by atoms with Gasteiger partial charge in [0, 0.05) is 5.39 Å². The molecule has 0 spiro atoms. The zero-order chi connectivity index (χ0) is 9.42. The fourth-order valence-electron chi connectivity index (χ4n) is 1.12. The fourth-order valence-corrected chi connectivity index (χ4v) is 1.35. The maximum atomic E-state index is 10.8. The van der Waals surface area contributed by atoms with Gasteiger partial charge in [-0.25, -0.2) is 9.78 Å². The highest BCUT2D eigenvalue weighted by Crippen LogP contribution is 2.24. The molecule has 0 bridgehead atoms. The molecule has 2 aromatic heterocycles. The molecular weight excluding hydrogens is 194 g/mol. The Morgan fingerprint density at radius 1 is 1.62 bits per heavy atom. The van der Waals surface area contributed by atoms with Crippen molar-refractivity contribution in [3.8, 4) is 0 Å². The Kier molecular flexibility index (Phi) is 1.70. The number of nitrogens with zero attached hydrogens (tertiary/aromatic N) is 1. The first-order chi connectivity index (χ1) is 6.20. The van der Waals surface area contributed by atoms with Crippen LogP contribution in [0.4, 0.5) is 0 Å². The van der Waals surface area contributed by atoms with Crippen LogP contribution in [0, 0.1) is 0 Å². The third kappa shape index (κ3) is 1.15. The zero-order valence-electron chi connectivity index (χ0n) is 6.32. The van der Waals surface area contributed by atoms with Crippen LogP contribution in [-0.4, -0.2) is 16.1 Å². The van der Waals surface area contributed by atoms with E-state index in [9.17, 15) is 4.79 Å². The van der Waals surface area contributed by atoms with E-state index in [4.69, 9.17) is 21.1 Å². The summed E-state index contributed by atoms with van der Waals surface area (Å²) < 4.78 is 4.98. The van der Waals surface area contributed by atoms with Crippen LogP contribution in [0.25, 0.3) is 11.0 Å². The molecule has 2 rings (SSSR count). The van der Waals surface area contributed by atoms with Crippen molar-refractivity contribution in [2.75, 3.05) is 0 Å². The van der Waals surface area contributed by atoms with Crippen molar-refractivity contribution >= 4 is 28.5 Å². The first-order valence-corrected chi connectivity index (χ1v) is 3.83. The van der Waals surface area contributed by atoms with Crippen LogP contribution in [0.3, 0.4) is 0 Å². The molecule has 0 saturated carbocycles. The van der Waals surface area contributed by atoms with Gasteiger partial charge in [-0.3, -0.25) is 0 Å². The number of hydrogen-bond acceptors (Lipinski definition) is 3. The minimum absolute atomic E-state index is 0.0204. The van der Waals surface area contributed by atoms with E-state index < -0.39 is 5.97 Å². The Labute approximate surface area is 77.8 Å². The van der Waals surface area contributed by atoms with Gasteiger partial charge in [0.2, 0.25) is 0 Å². The topological polar surface area (TPSA) is 63.3 Å². The van der Waals surface area contributed by atoms with Crippen LogP contribution in [-0.2, 0) is 0 Å². The van der Waals surface area contributed by atoms with E-state index in [1.165, 1.54) is 12.5 Å². The molecule has 1 N–H and O–H groups in total. The van der Waals surface area contributed by atoms with Crippen LogP contribution in [0.15, 0.2) is 22.9 Å². The van der Waals surface area contributed by atoms with Gasteiger partial charge in [0.15, 0.2) is 5.58 Å². The first kappa shape index (κ1) is 8.07. The highest BCUT2D eigenvalue weighted by atomic mass is 35.5. The van der Waals surface area contributed by atoms with E-state index in [0.717, 1.165) is 0 Å². The standard InChI is InChI=1S/C8H4ClNO3/c9-7-6(8(11)12)4-1-2-13-5(4)3-10-7/h1-3H,(H,11,12). The Balaban J connectivity index is 2.88. The molecule has 2 aromatic rings. The van der Waals surface area contributed by atoms with E-state index in [1.807, 2.05) is 0 Å². The average molecular weight is 198 g/mol. The highest BCUT2D eigenvalue weighted by Gasteiger charge is 2.15. The third-order valence-corrected chi connectivity index (χ3v) is 1.97. The highest BCUT2D eigenvalue weighted by molar-refractivity contribution is 6.33. The fraction of sp³-hybridized carbons (Fsp3) is 0. The van der Waals surface area contributed by atoms with Crippen LogP contribution < -0.4 is 0 Å². The van der Waals surface area contributed by atoms with Crippen molar-refractivity contribution in [1.82, 2.24) is 4.98 Å². The molecule has 0 amide bonds. The molecule has 4 nitrogen and oxygen atoms in total. The summed E-state index contributed by atoms with van der Waals surface area (Å²) in [5, 5.41) is 9.25. The molecule has 0 aliphatic rings. The molecule has 13 heavy (non-hydrogen) atoms. The lowest BCUT2D eigenvalue weighted by molar-refractivity contribution is 0.0699. The van der Waals surface area contributed by atoms with Gasteiger partial charge in [0.1, 0.15) is 10.7 Å². The third-order valence-electron chi connectivity index (χ3n) is 1.68. The minimum Gasteiger partial charge on any atom is -0.478 e. The summed E-state index contributed by atoms with van der Waals surface area (Å²) in [6.07, 6.45) is 2.79. The number of carbonyl (C=O) groups is 1. The van der Waals surface area contributed by atoms with Crippen molar-refractivity contribution in [2.45, 2.75) is 0 Å². The van der Waals surface area contributed by atoms with Crippen LogP contribution in [0.5, 0.6) is 0 Å². The minimum atomic E-state index is -1.11. The lowest BCUT2D eigenvalue weighted by Gasteiger charge is -1.97. The SMILES string of the molecule is O=C(O)c1c(Cl)ncc2occc12. The molecule has 0 aliphatic heterocycles. The van der Waals surface area contributed by atoms with E-state index >= 15 is 0 Å². The molecule has 0 aliphatic carbocycles. The lowest BCUT2D eigenvalue weighted by Crippen LogP contribution is -1.99. The largest absolute Gasteiger partial charge is 0.478 e. The number of fused-ring (bicyclic) bond motifs is 1. The van der Waals surface area contributed by atoms with Gasteiger partial charge in [0.25, 0.3) is 0 Å². The summed E-state index contributed by atoms with van der Waals surface area (Å²) in [5.74, 6) is -1.11. The molecular formula is C8H4ClNO3. The molecule has 0 fully saturated rings. The maximum absolute atomic E-state index is 10.8. The van der Waals surface area contributed by atoms with Crippen LogP contribution in [0.1, 0.15) is 10.4 Å². The average Bonchev–Trinajstić information content (AvgIpc) is 2.50. The maximum Gasteiger partial charge on any atom is 0.339 e. The second kappa shape index (κ2) is 2.74. The monoisotopic (exact) mass is 197 g/mol. The Bertz CT molecular complexity index is 477. The number of carboxylic acids is 1. The molecule has 0 atom stereocenters. The summed E-state index contributed by atoms with van der Waals surface area (Å²) in [6.45, 7) is 0. The van der Waals surface area contributed by atoms with E-state index in [1.54, 1.807) is 6.07 Å². The molecule has 0 radical (unpaired) electrons. The molecule has 0 unspecified atom stereocenters. The summed E-state index contributed by atoms with van der Waals surface area (Å²) in [4.78, 5) is 14.5. The molecule has 2 heterocycles. The quantitative estimate of drug-likeness (QED) is 0.712. The normalized spacial score (nSPS) is 10.5. The molecule has 0 aromatic carbocycles. The smallest absolute Gasteiger partial charge is 0.339 e. The number of aromatic nitrogens is 1. The Morgan fingerprint density at radius 3 is 3.08 bits per heavy atom. The predicted molar refractivity (Wildman–Crippen MR) is 46.0 cm³/mol. The van der Waals surface area contributed by atoms with Crippen LogP contribution >= 0.6 is 11.6 Å². The van der Waals surface area contributed by atoms with Gasteiger partial charge in [-0.05, 0) is 6.07 Å². The molecule has 5 heteroatoms. The van der Waals surface area contributed by atoms with Crippen molar-refractivity contribution in [3.05, 3.63) is 29.2 Å². The van der Waals surface area contributed by atoms with Crippen molar-refractivity contribution in [3.63, 3.8) is 0 Å². The Morgan fingerprint density at radius 2 is 2.38 bits per heavy atom. The van der Waals surface area contributed by atoms with Gasteiger partial charge in [-0.15, -0.1) is 0 Å². The number of rotatable bonds is 1. The summed E-state index contributed by atoms with van der Waals surface area (Å²) in [7, 11) is 0. The molecule has 66 valence electrons. The lowest BCUT2D eigenvalue weighted by atomic mass is 10.2.